The molecular weight excluding hydrogens is 460 g/mol. The zero-order valence-electron chi connectivity index (χ0n) is 21.4. The van der Waals surface area contributed by atoms with Gasteiger partial charge in [0.25, 0.3) is 0 Å². The highest BCUT2D eigenvalue weighted by Gasteiger charge is 2.14. The van der Waals surface area contributed by atoms with Crippen molar-refractivity contribution in [3.63, 3.8) is 0 Å². The minimum Gasteiger partial charge on any atom is -0.469 e. The summed E-state index contributed by atoms with van der Waals surface area (Å²) in [6.45, 7) is 8.13. The summed E-state index contributed by atoms with van der Waals surface area (Å²) in [5.74, 6) is -0.262. The Labute approximate surface area is 211 Å². The van der Waals surface area contributed by atoms with Gasteiger partial charge in [0.1, 0.15) is 5.58 Å². The van der Waals surface area contributed by atoms with Crippen LogP contribution >= 0.6 is 0 Å². The number of alkyl carbamates (subject to hydrolysis) is 1. The van der Waals surface area contributed by atoms with Crippen LogP contribution in [0, 0.1) is 6.92 Å². The molecule has 0 aliphatic rings. The number of carbonyl (C=O) groups excluding carboxylic acids is 2. The van der Waals surface area contributed by atoms with E-state index in [4.69, 9.17) is 9.15 Å². The number of benzene rings is 2. The summed E-state index contributed by atoms with van der Waals surface area (Å²) in [5.41, 5.74) is 4.36. The number of hydrogen-bond donors (Lipinski definition) is 1. The summed E-state index contributed by atoms with van der Waals surface area (Å²) in [6, 6.07) is 13.5. The fourth-order valence-electron chi connectivity index (χ4n) is 4.17. The van der Waals surface area contributed by atoms with E-state index >= 15 is 0 Å². The molecule has 1 heterocycles. The number of aryl methyl sites for hydroxylation is 2. The van der Waals surface area contributed by atoms with E-state index in [1.165, 1.54) is 7.11 Å². The van der Waals surface area contributed by atoms with E-state index in [1.54, 1.807) is 0 Å². The molecule has 0 aliphatic carbocycles. The Bertz CT molecular complexity index is 1260. The maximum absolute atomic E-state index is 12.6. The van der Waals surface area contributed by atoms with Crippen LogP contribution in [0.3, 0.4) is 0 Å². The highest BCUT2D eigenvalue weighted by molar-refractivity contribution is 5.84. The van der Waals surface area contributed by atoms with Gasteiger partial charge in [0.15, 0.2) is 0 Å². The molecule has 0 fully saturated rings. The smallest absolute Gasteiger partial charge is 0.407 e. The number of esters is 1. The van der Waals surface area contributed by atoms with Crippen LogP contribution in [0.1, 0.15) is 42.5 Å². The molecule has 0 aliphatic heterocycles. The number of nitrogens with one attached hydrogen (secondary N) is 1. The number of ether oxygens (including phenoxy) is 2. The summed E-state index contributed by atoms with van der Waals surface area (Å²) in [7, 11) is 1.37. The van der Waals surface area contributed by atoms with Gasteiger partial charge in [-0.1, -0.05) is 24.3 Å². The first-order valence-electron chi connectivity index (χ1n) is 12.2. The van der Waals surface area contributed by atoms with Crippen LogP contribution in [0.25, 0.3) is 11.0 Å². The Morgan fingerprint density at radius 3 is 2.50 bits per heavy atom. The molecule has 0 saturated heterocycles. The van der Waals surface area contributed by atoms with E-state index in [2.05, 4.69) is 28.8 Å². The quantitative estimate of drug-likeness (QED) is 0.309. The predicted octanol–water partition coefficient (Wildman–Crippen LogP) is 4.52. The topological polar surface area (TPSA) is 98.1 Å². The first kappa shape index (κ1) is 26.8. The Kier molecular flexibility index (Phi) is 9.50. The van der Waals surface area contributed by atoms with E-state index in [0.29, 0.717) is 24.0 Å². The predicted molar refractivity (Wildman–Crippen MR) is 139 cm³/mol. The normalized spacial score (nSPS) is 10.8. The Morgan fingerprint density at radius 1 is 1.03 bits per heavy atom. The lowest BCUT2D eigenvalue weighted by molar-refractivity contribution is -0.140. The monoisotopic (exact) mass is 494 g/mol. The number of amides is 1. The van der Waals surface area contributed by atoms with Crippen molar-refractivity contribution in [3.8, 4) is 0 Å². The molecule has 2 aromatic carbocycles. The van der Waals surface area contributed by atoms with Gasteiger partial charge in [0, 0.05) is 55.2 Å². The van der Waals surface area contributed by atoms with E-state index in [9.17, 15) is 14.4 Å². The molecule has 0 spiro atoms. The van der Waals surface area contributed by atoms with Crippen molar-refractivity contribution in [3.05, 3.63) is 75.1 Å². The lowest BCUT2D eigenvalue weighted by Gasteiger charge is -2.21. The second-order valence-electron chi connectivity index (χ2n) is 8.48. The van der Waals surface area contributed by atoms with E-state index in [0.717, 1.165) is 40.9 Å². The van der Waals surface area contributed by atoms with Gasteiger partial charge in [-0.15, -0.1) is 0 Å². The number of anilines is 1. The number of fused-ring (bicyclic) bond motifs is 1. The van der Waals surface area contributed by atoms with Gasteiger partial charge in [0.05, 0.1) is 13.7 Å². The summed E-state index contributed by atoms with van der Waals surface area (Å²) in [6.07, 6.45) is 0.560. The lowest BCUT2D eigenvalue weighted by atomic mass is 10.0. The number of methoxy groups -OCH3 is 1. The molecule has 0 radical (unpaired) electrons. The van der Waals surface area contributed by atoms with Crippen molar-refractivity contribution < 1.29 is 23.5 Å². The molecule has 1 amide bonds. The first-order valence-corrected chi connectivity index (χ1v) is 12.2. The molecule has 1 aromatic heterocycles. The number of hydrogen-bond acceptors (Lipinski definition) is 7. The van der Waals surface area contributed by atoms with Crippen molar-refractivity contribution in [1.29, 1.82) is 0 Å². The number of carbonyl (C=O) groups is 2. The van der Waals surface area contributed by atoms with Crippen LogP contribution in [0.15, 0.2) is 51.7 Å². The molecule has 36 heavy (non-hydrogen) atoms. The van der Waals surface area contributed by atoms with Crippen molar-refractivity contribution >= 4 is 28.7 Å². The van der Waals surface area contributed by atoms with Crippen LogP contribution < -0.4 is 15.8 Å². The Morgan fingerprint density at radius 2 is 1.78 bits per heavy atom. The minimum atomic E-state index is -0.568. The van der Waals surface area contributed by atoms with Crippen molar-refractivity contribution in [2.24, 2.45) is 0 Å². The first-order chi connectivity index (χ1) is 17.4. The van der Waals surface area contributed by atoms with Gasteiger partial charge >= 0.3 is 17.7 Å². The average molecular weight is 495 g/mol. The average Bonchev–Trinajstić information content (AvgIpc) is 2.88. The van der Waals surface area contributed by atoms with Crippen LogP contribution in [-0.2, 0) is 33.7 Å². The molecule has 8 heteroatoms. The van der Waals surface area contributed by atoms with Gasteiger partial charge in [-0.25, -0.2) is 9.59 Å². The molecule has 0 bridgehead atoms. The maximum Gasteiger partial charge on any atom is 0.407 e. The van der Waals surface area contributed by atoms with E-state index in [1.807, 2.05) is 49.4 Å². The SMILES string of the molecule is CCN(CC)c1ccc2c(C)c(CCOC(=O)NCc3cccc(CCC(=O)OC)c3)c(=O)oc2c1. The van der Waals surface area contributed by atoms with E-state index < -0.39 is 11.7 Å². The highest BCUT2D eigenvalue weighted by Crippen LogP contribution is 2.25. The zero-order chi connectivity index (χ0) is 26.1. The largest absolute Gasteiger partial charge is 0.469 e. The minimum absolute atomic E-state index is 0.0552. The zero-order valence-corrected chi connectivity index (χ0v) is 21.4. The van der Waals surface area contributed by atoms with Gasteiger partial charge in [-0.2, -0.15) is 0 Å². The summed E-state index contributed by atoms with van der Waals surface area (Å²) >= 11 is 0. The van der Waals surface area contributed by atoms with Gasteiger partial charge in [-0.3, -0.25) is 4.79 Å². The molecule has 8 nitrogen and oxygen atoms in total. The third kappa shape index (κ3) is 6.87. The van der Waals surface area contributed by atoms with E-state index in [-0.39, 0.29) is 25.5 Å². The van der Waals surface area contributed by atoms with Crippen LogP contribution in [0.5, 0.6) is 0 Å². The second-order valence-corrected chi connectivity index (χ2v) is 8.48. The second kappa shape index (κ2) is 12.8. The number of rotatable bonds is 11. The molecular formula is C28H34N2O6. The number of nitrogens with zero attached hydrogens (tertiary/aromatic N) is 1. The summed E-state index contributed by atoms with van der Waals surface area (Å²) in [4.78, 5) is 38.3. The van der Waals surface area contributed by atoms with Crippen LogP contribution in [0.2, 0.25) is 0 Å². The van der Waals surface area contributed by atoms with Crippen molar-refractivity contribution in [1.82, 2.24) is 5.32 Å². The molecule has 3 aromatic rings. The van der Waals surface area contributed by atoms with Gasteiger partial charge in [0.2, 0.25) is 0 Å². The van der Waals surface area contributed by atoms with Crippen LogP contribution in [-0.4, -0.2) is 38.9 Å². The molecule has 1 N–H and O–H groups in total. The highest BCUT2D eigenvalue weighted by atomic mass is 16.5. The van der Waals surface area contributed by atoms with Crippen molar-refractivity contribution in [2.45, 2.75) is 46.6 Å². The fourth-order valence-corrected chi connectivity index (χ4v) is 4.17. The molecule has 0 unspecified atom stereocenters. The lowest BCUT2D eigenvalue weighted by Crippen LogP contribution is -2.25. The third-order valence-electron chi connectivity index (χ3n) is 6.26. The molecule has 0 atom stereocenters. The molecule has 3 rings (SSSR count). The standard InChI is InChI=1S/C28H34N2O6/c1-5-30(6-2)22-11-12-23-19(3)24(27(32)36-25(23)17-22)14-15-35-28(33)29-18-21-9-7-8-20(16-21)10-13-26(31)34-4/h7-9,11-12,16-17H,5-6,10,13-15,18H2,1-4H3,(H,29,33). The van der Waals surface area contributed by atoms with Gasteiger partial charge in [-0.05, 0) is 56.0 Å². The molecule has 0 saturated carbocycles. The third-order valence-corrected chi connectivity index (χ3v) is 6.26. The maximum atomic E-state index is 12.6. The Balaban J connectivity index is 1.55. The summed E-state index contributed by atoms with van der Waals surface area (Å²) < 4.78 is 15.6. The van der Waals surface area contributed by atoms with Crippen LogP contribution in [0.4, 0.5) is 10.5 Å². The van der Waals surface area contributed by atoms with Crippen molar-refractivity contribution in [2.75, 3.05) is 31.7 Å². The van der Waals surface area contributed by atoms with Gasteiger partial charge < -0.3 is 24.1 Å². The fraction of sp³-hybridized carbons (Fsp3) is 0.393. The molecule has 192 valence electrons. The Hall–Kier alpha value is -3.81. The summed E-state index contributed by atoms with van der Waals surface area (Å²) in [5, 5.41) is 3.59.